The number of hydrogen-bond acceptors (Lipinski definition) is 0. The molecule has 1 rings (SSSR count). The Kier molecular flexibility index (Phi) is 1.08. The minimum Gasteiger partial charge on any atom is -0.244 e. The summed E-state index contributed by atoms with van der Waals surface area (Å²) in [4.78, 5) is 0. The van der Waals surface area contributed by atoms with Gasteiger partial charge >= 0.3 is 0 Å². The third kappa shape index (κ3) is 0.959. The Labute approximate surface area is 37.4 Å². The van der Waals surface area contributed by atoms with Crippen LogP contribution in [0.5, 0.6) is 0 Å². The van der Waals surface area contributed by atoms with Crippen LogP contribution in [0.3, 0.4) is 0 Å². The highest BCUT2D eigenvalue weighted by Crippen LogP contribution is 2.32. The van der Waals surface area contributed by atoms with Crippen molar-refractivity contribution in [3.63, 3.8) is 0 Å². The fraction of sp³-hybridized carbons (Fsp3) is 0.800. The zero-order valence-electron chi connectivity index (χ0n) is 3.65. The summed E-state index contributed by atoms with van der Waals surface area (Å²) in [5, 5.41) is 0. The van der Waals surface area contributed by atoms with Gasteiger partial charge in [0.05, 0.1) is 0 Å². The largest absolute Gasteiger partial charge is 0.244 e. The maximum atomic E-state index is 11.2. The molecule has 0 nitrogen and oxygen atoms in total. The molecule has 1 saturated carbocycles. The van der Waals surface area contributed by atoms with E-state index in [1.54, 1.807) is 0 Å². The maximum absolute atomic E-state index is 11.2. The van der Waals surface area contributed by atoms with Gasteiger partial charge in [-0.15, -0.1) is 0 Å². The fourth-order valence-electron chi connectivity index (χ4n) is 0.480. The minimum atomic E-state index is 0.694. The first kappa shape index (κ1) is 4.10. The summed E-state index contributed by atoms with van der Waals surface area (Å²) in [5.41, 5.74) is 0. The molecular formula is C5H8F. The Balaban J connectivity index is 1.88. The van der Waals surface area contributed by atoms with Gasteiger partial charge in [0.2, 0.25) is 0 Å². The molecule has 0 amide bonds. The molecule has 0 saturated heterocycles. The van der Waals surface area contributed by atoms with E-state index in [4.69, 9.17) is 0 Å². The van der Waals surface area contributed by atoms with Crippen LogP contribution in [-0.2, 0) is 0 Å². The first-order valence-corrected chi connectivity index (χ1v) is 2.35. The van der Waals surface area contributed by atoms with Crippen LogP contribution >= 0.6 is 0 Å². The first-order valence-electron chi connectivity index (χ1n) is 2.35. The van der Waals surface area contributed by atoms with Crippen molar-refractivity contribution in [3.05, 3.63) is 6.67 Å². The predicted octanol–water partition coefficient (Wildman–Crippen LogP) is 1.92. The zero-order valence-corrected chi connectivity index (χ0v) is 3.65. The van der Waals surface area contributed by atoms with Crippen LogP contribution in [0, 0.1) is 12.6 Å². The summed E-state index contributed by atoms with van der Waals surface area (Å²) in [6.45, 7) is 0.762. The molecule has 0 heterocycles. The van der Waals surface area contributed by atoms with Crippen molar-refractivity contribution in [2.75, 3.05) is 0 Å². The topological polar surface area (TPSA) is 0 Å². The summed E-state index contributed by atoms with van der Waals surface area (Å²) in [6, 6.07) is 0. The lowest BCUT2D eigenvalue weighted by Crippen LogP contribution is -1.67. The SMILES string of the molecule is F[CH]CC1CC1. The summed E-state index contributed by atoms with van der Waals surface area (Å²) >= 11 is 0. The second kappa shape index (κ2) is 1.59. The molecule has 1 aliphatic rings. The van der Waals surface area contributed by atoms with Gasteiger partial charge in [-0.1, -0.05) is 12.8 Å². The van der Waals surface area contributed by atoms with Crippen molar-refractivity contribution in [3.8, 4) is 0 Å². The molecule has 0 atom stereocenters. The average Bonchev–Trinajstić information content (AvgIpc) is 2.21. The smallest absolute Gasteiger partial charge is 0.131 e. The quantitative estimate of drug-likeness (QED) is 0.482. The molecule has 0 aromatic carbocycles. The molecule has 0 spiro atoms. The predicted molar refractivity (Wildman–Crippen MR) is 22.7 cm³/mol. The first-order chi connectivity index (χ1) is 2.93. The fourth-order valence-corrected chi connectivity index (χ4v) is 0.480. The van der Waals surface area contributed by atoms with Crippen LogP contribution in [0.15, 0.2) is 0 Å². The highest BCUT2D eigenvalue weighted by atomic mass is 19.1. The highest BCUT2D eigenvalue weighted by Gasteiger charge is 2.20. The van der Waals surface area contributed by atoms with Crippen molar-refractivity contribution in [1.29, 1.82) is 0 Å². The van der Waals surface area contributed by atoms with Crippen molar-refractivity contribution < 1.29 is 4.39 Å². The van der Waals surface area contributed by atoms with Crippen molar-refractivity contribution in [2.24, 2.45) is 5.92 Å². The van der Waals surface area contributed by atoms with Gasteiger partial charge in [-0.05, 0) is 12.3 Å². The molecular weight excluding hydrogens is 79.1 g/mol. The Bertz CT molecular complexity index is 39.2. The van der Waals surface area contributed by atoms with Crippen LogP contribution in [0.25, 0.3) is 0 Å². The van der Waals surface area contributed by atoms with E-state index < -0.39 is 0 Å². The van der Waals surface area contributed by atoms with E-state index in [-0.39, 0.29) is 0 Å². The standard InChI is InChI=1S/C5H8F/c6-4-3-5-1-2-5/h4-5H,1-3H2. The summed E-state index contributed by atoms with van der Waals surface area (Å²) < 4.78 is 11.2. The van der Waals surface area contributed by atoms with Gasteiger partial charge in [-0.25, -0.2) is 4.39 Å². The lowest BCUT2D eigenvalue weighted by molar-refractivity contribution is 0.553. The zero-order chi connectivity index (χ0) is 4.41. The molecule has 1 radical (unpaired) electrons. The number of hydrogen-bond donors (Lipinski definition) is 0. The summed E-state index contributed by atoms with van der Waals surface area (Å²) in [7, 11) is 0. The Hall–Kier alpha value is -0.0700. The van der Waals surface area contributed by atoms with Crippen LogP contribution in [0.4, 0.5) is 4.39 Å². The van der Waals surface area contributed by atoms with E-state index in [0.29, 0.717) is 6.42 Å². The van der Waals surface area contributed by atoms with Gasteiger partial charge < -0.3 is 0 Å². The van der Waals surface area contributed by atoms with Gasteiger partial charge in [0.1, 0.15) is 6.67 Å². The molecule has 0 bridgehead atoms. The molecule has 1 fully saturated rings. The van der Waals surface area contributed by atoms with Gasteiger partial charge in [0.25, 0.3) is 0 Å². The van der Waals surface area contributed by atoms with Crippen LogP contribution in [-0.4, -0.2) is 0 Å². The van der Waals surface area contributed by atoms with Crippen LogP contribution in [0.1, 0.15) is 19.3 Å². The molecule has 0 unspecified atom stereocenters. The monoisotopic (exact) mass is 87.1 g/mol. The van der Waals surface area contributed by atoms with Crippen molar-refractivity contribution in [2.45, 2.75) is 19.3 Å². The number of rotatable bonds is 2. The molecule has 0 N–H and O–H groups in total. The van der Waals surface area contributed by atoms with E-state index in [1.807, 2.05) is 0 Å². The molecule has 1 aliphatic carbocycles. The second-order valence-corrected chi connectivity index (χ2v) is 1.83. The van der Waals surface area contributed by atoms with E-state index in [0.717, 1.165) is 12.6 Å². The highest BCUT2D eigenvalue weighted by molar-refractivity contribution is 4.75. The van der Waals surface area contributed by atoms with Crippen molar-refractivity contribution >= 4 is 0 Å². The molecule has 6 heavy (non-hydrogen) atoms. The van der Waals surface area contributed by atoms with E-state index >= 15 is 0 Å². The molecule has 0 aliphatic heterocycles. The van der Waals surface area contributed by atoms with Gasteiger partial charge in [-0.2, -0.15) is 0 Å². The van der Waals surface area contributed by atoms with Crippen LogP contribution in [0.2, 0.25) is 0 Å². The van der Waals surface area contributed by atoms with E-state index in [1.165, 1.54) is 12.8 Å². The van der Waals surface area contributed by atoms with E-state index in [9.17, 15) is 4.39 Å². The summed E-state index contributed by atoms with van der Waals surface area (Å²) in [6.07, 6.45) is 3.20. The average molecular weight is 87.1 g/mol. The van der Waals surface area contributed by atoms with Gasteiger partial charge in [-0.3, -0.25) is 0 Å². The van der Waals surface area contributed by atoms with E-state index in [2.05, 4.69) is 0 Å². The Morgan fingerprint density at radius 3 is 2.50 bits per heavy atom. The lowest BCUT2D eigenvalue weighted by atomic mass is 10.3. The van der Waals surface area contributed by atoms with Crippen LogP contribution < -0.4 is 0 Å². The lowest BCUT2D eigenvalue weighted by Gasteiger charge is -1.79. The van der Waals surface area contributed by atoms with Crippen molar-refractivity contribution in [1.82, 2.24) is 0 Å². The second-order valence-electron chi connectivity index (χ2n) is 1.83. The Morgan fingerprint density at radius 1 is 1.67 bits per heavy atom. The van der Waals surface area contributed by atoms with Gasteiger partial charge in [0.15, 0.2) is 0 Å². The normalized spacial score (nSPS) is 21.5. The number of halogens is 1. The molecule has 1 heteroatoms. The molecule has 0 aromatic heterocycles. The van der Waals surface area contributed by atoms with Gasteiger partial charge in [0, 0.05) is 0 Å². The summed E-state index contributed by atoms with van der Waals surface area (Å²) in [5.74, 6) is 0.718. The third-order valence-corrected chi connectivity index (χ3v) is 1.12. The maximum Gasteiger partial charge on any atom is 0.131 e. The molecule has 35 valence electrons. The Morgan fingerprint density at radius 2 is 2.33 bits per heavy atom. The molecule has 0 aromatic rings. The third-order valence-electron chi connectivity index (χ3n) is 1.12. The minimum absolute atomic E-state index is 0.694.